The molecule has 2 aromatic rings. The Hall–Kier alpha value is -2.57. The van der Waals surface area contributed by atoms with Crippen molar-refractivity contribution in [3.05, 3.63) is 58.8 Å². The summed E-state index contributed by atoms with van der Waals surface area (Å²) in [5.74, 6) is -3.81. The number of rotatable bonds is 4. The van der Waals surface area contributed by atoms with Crippen molar-refractivity contribution in [1.82, 2.24) is 9.55 Å². The fourth-order valence-electron chi connectivity index (χ4n) is 3.09. The largest absolute Gasteiger partial charge is 0.347 e. The number of nitrogens with zero attached hydrogens (tertiary/aromatic N) is 2. The molecular formula is C18H19F2N3O2. The fraction of sp³-hybridized carbons (Fsp3) is 0.389. The van der Waals surface area contributed by atoms with Crippen molar-refractivity contribution in [2.24, 2.45) is 5.92 Å². The van der Waals surface area contributed by atoms with Gasteiger partial charge in [0.1, 0.15) is 0 Å². The van der Waals surface area contributed by atoms with E-state index in [-0.39, 0.29) is 18.0 Å². The predicted molar refractivity (Wildman–Crippen MR) is 89.6 cm³/mol. The van der Waals surface area contributed by atoms with E-state index in [1.54, 1.807) is 30.5 Å². The van der Waals surface area contributed by atoms with Crippen LogP contribution in [0.1, 0.15) is 31.2 Å². The molecule has 0 bridgehead atoms. The Bertz CT molecular complexity index is 820. The lowest BCUT2D eigenvalue weighted by molar-refractivity contribution is -0.127. The van der Waals surface area contributed by atoms with Crippen molar-refractivity contribution in [3.63, 3.8) is 0 Å². The predicted octanol–water partition coefficient (Wildman–Crippen LogP) is 3.06. The number of amides is 1. The van der Waals surface area contributed by atoms with Crippen LogP contribution in [-0.4, -0.2) is 21.4 Å². The van der Waals surface area contributed by atoms with E-state index in [1.165, 1.54) is 10.8 Å². The first kappa shape index (κ1) is 17.3. The summed E-state index contributed by atoms with van der Waals surface area (Å²) in [6, 6.07) is 8.68. The van der Waals surface area contributed by atoms with E-state index in [0.717, 1.165) is 5.56 Å². The average molecular weight is 347 g/mol. The first-order chi connectivity index (χ1) is 11.9. The monoisotopic (exact) mass is 347 g/mol. The summed E-state index contributed by atoms with van der Waals surface area (Å²) in [4.78, 5) is 27.6. The number of hydrogen-bond donors (Lipinski definition) is 1. The van der Waals surface area contributed by atoms with Crippen molar-refractivity contribution in [2.45, 2.75) is 38.2 Å². The quantitative estimate of drug-likeness (QED) is 0.924. The molecule has 0 radical (unpaired) electrons. The molecule has 0 saturated heterocycles. The van der Waals surface area contributed by atoms with Gasteiger partial charge >= 0.3 is 5.69 Å². The van der Waals surface area contributed by atoms with Crippen LogP contribution in [0.15, 0.2) is 47.5 Å². The molecule has 1 saturated carbocycles. The first-order valence-electron chi connectivity index (χ1n) is 8.22. The Labute approximate surface area is 143 Å². The third-order valence-corrected chi connectivity index (χ3v) is 4.34. The second-order valence-corrected chi connectivity index (χ2v) is 6.37. The Kier molecular flexibility index (Phi) is 4.92. The van der Waals surface area contributed by atoms with E-state index < -0.39 is 18.3 Å². The van der Waals surface area contributed by atoms with Gasteiger partial charge in [-0.05, 0) is 36.6 Å². The van der Waals surface area contributed by atoms with Crippen LogP contribution in [0.25, 0.3) is 0 Å². The van der Waals surface area contributed by atoms with Gasteiger partial charge in [-0.25, -0.2) is 18.6 Å². The van der Waals surface area contributed by atoms with Gasteiger partial charge in [-0.2, -0.15) is 0 Å². The highest BCUT2D eigenvalue weighted by molar-refractivity contribution is 5.92. The van der Waals surface area contributed by atoms with Crippen LogP contribution in [0.2, 0.25) is 0 Å². The minimum Gasteiger partial charge on any atom is -0.326 e. The number of halogens is 2. The molecule has 0 spiro atoms. The van der Waals surface area contributed by atoms with Crippen molar-refractivity contribution >= 4 is 11.6 Å². The Balaban J connectivity index is 1.68. The number of hydrogen-bond acceptors (Lipinski definition) is 3. The summed E-state index contributed by atoms with van der Waals surface area (Å²) in [6.45, 7) is 0.317. The number of benzene rings is 1. The molecule has 1 aliphatic carbocycles. The van der Waals surface area contributed by atoms with Gasteiger partial charge in [-0.15, -0.1) is 0 Å². The lowest BCUT2D eigenvalue weighted by atomic mass is 9.86. The minimum absolute atomic E-state index is 0.147. The van der Waals surface area contributed by atoms with Gasteiger partial charge in [0, 0.05) is 36.8 Å². The maximum absolute atomic E-state index is 13.5. The highest BCUT2D eigenvalue weighted by atomic mass is 19.3. The van der Waals surface area contributed by atoms with Gasteiger partial charge < -0.3 is 5.32 Å². The molecule has 132 valence electrons. The molecule has 1 unspecified atom stereocenters. The zero-order valence-electron chi connectivity index (χ0n) is 13.6. The number of carbonyl (C=O) groups is 1. The highest BCUT2D eigenvalue weighted by Crippen LogP contribution is 2.37. The molecular weight excluding hydrogens is 328 g/mol. The molecule has 3 rings (SSSR count). The average Bonchev–Trinajstić information content (AvgIpc) is 2.56. The molecule has 1 N–H and O–H groups in total. The van der Waals surface area contributed by atoms with E-state index in [9.17, 15) is 18.4 Å². The standard InChI is InChI=1S/C18H19F2N3O2/c19-18(20)7-2-5-14(11-18)16(24)22-15-6-1-4-13(10-15)12-23-9-3-8-21-17(23)25/h1,3-4,6,8-10,14H,2,5,7,11-12H2,(H,22,24). The van der Waals surface area contributed by atoms with Gasteiger partial charge in [-0.3, -0.25) is 9.36 Å². The van der Waals surface area contributed by atoms with Crippen molar-refractivity contribution < 1.29 is 13.6 Å². The number of carbonyl (C=O) groups excluding carboxylic acids is 1. The molecule has 5 nitrogen and oxygen atoms in total. The summed E-state index contributed by atoms with van der Waals surface area (Å²) in [7, 11) is 0. The molecule has 25 heavy (non-hydrogen) atoms. The number of nitrogens with one attached hydrogen (secondary N) is 1. The molecule has 1 aliphatic rings. The van der Waals surface area contributed by atoms with Gasteiger partial charge in [0.25, 0.3) is 0 Å². The highest BCUT2D eigenvalue weighted by Gasteiger charge is 2.39. The van der Waals surface area contributed by atoms with E-state index in [4.69, 9.17) is 0 Å². The van der Waals surface area contributed by atoms with E-state index in [0.29, 0.717) is 25.1 Å². The van der Waals surface area contributed by atoms with Gasteiger partial charge in [-0.1, -0.05) is 12.1 Å². The summed E-state index contributed by atoms with van der Waals surface area (Å²) in [6.07, 6.45) is 3.34. The summed E-state index contributed by atoms with van der Waals surface area (Å²) >= 11 is 0. The molecule has 1 heterocycles. The summed E-state index contributed by atoms with van der Waals surface area (Å²) in [5.41, 5.74) is 0.983. The fourth-order valence-corrected chi connectivity index (χ4v) is 3.09. The Morgan fingerprint density at radius 1 is 1.36 bits per heavy atom. The maximum atomic E-state index is 13.5. The second kappa shape index (κ2) is 7.13. The van der Waals surface area contributed by atoms with Crippen LogP contribution in [0.4, 0.5) is 14.5 Å². The summed E-state index contributed by atoms with van der Waals surface area (Å²) < 4.78 is 28.4. The molecule has 1 atom stereocenters. The topological polar surface area (TPSA) is 64.0 Å². The van der Waals surface area contributed by atoms with Crippen LogP contribution in [0.5, 0.6) is 0 Å². The van der Waals surface area contributed by atoms with Crippen molar-refractivity contribution in [3.8, 4) is 0 Å². The molecule has 1 aromatic carbocycles. The minimum atomic E-state index is -2.76. The molecule has 1 fully saturated rings. The lowest BCUT2D eigenvalue weighted by Gasteiger charge is -2.28. The third-order valence-electron chi connectivity index (χ3n) is 4.34. The maximum Gasteiger partial charge on any atom is 0.347 e. The SMILES string of the molecule is O=C(Nc1cccc(Cn2cccnc2=O)c1)C1CCCC(F)(F)C1. The van der Waals surface area contributed by atoms with E-state index in [2.05, 4.69) is 10.3 Å². The third kappa shape index (κ3) is 4.49. The van der Waals surface area contributed by atoms with Gasteiger partial charge in [0.2, 0.25) is 11.8 Å². The smallest absolute Gasteiger partial charge is 0.326 e. The zero-order valence-corrected chi connectivity index (χ0v) is 13.6. The van der Waals surface area contributed by atoms with Crippen LogP contribution in [-0.2, 0) is 11.3 Å². The normalized spacial score (nSPS) is 19.4. The van der Waals surface area contributed by atoms with Gasteiger partial charge in [0.15, 0.2) is 0 Å². The second-order valence-electron chi connectivity index (χ2n) is 6.37. The van der Waals surface area contributed by atoms with Crippen LogP contribution >= 0.6 is 0 Å². The number of anilines is 1. The van der Waals surface area contributed by atoms with Crippen molar-refractivity contribution in [2.75, 3.05) is 5.32 Å². The molecule has 1 aromatic heterocycles. The van der Waals surface area contributed by atoms with Crippen LogP contribution < -0.4 is 11.0 Å². The molecule has 0 aliphatic heterocycles. The van der Waals surface area contributed by atoms with Crippen molar-refractivity contribution in [1.29, 1.82) is 0 Å². The first-order valence-corrected chi connectivity index (χ1v) is 8.22. The Morgan fingerprint density at radius 3 is 2.96 bits per heavy atom. The molecule has 7 heteroatoms. The van der Waals surface area contributed by atoms with E-state index in [1.807, 2.05) is 6.07 Å². The van der Waals surface area contributed by atoms with E-state index >= 15 is 0 Å². The lowest BCUT2D eigenvalue weighted by Crippen LogP contribution is -2.33. The molecule has 1 amide bonds. The number of alkyl halides is 2. The Morgan fingerprint density at radius 2 is 2.20 bits per heavy atom. The van der Waals surface area contributed by atoms with Gasteiger partial charge in [0.05, 0.1) is 6.54 Å². The number of aromatic nitrogens is 2. The summed E-state index contributed by atoms with van der Waals surface area (Å²) in [5, 5.41) is 2.71. The zero-order chi connectivity index (χ0) is 17.9. The van der Waals surface area contributed by atoms with Crippen LogP contribution in [0, 0.1) is 5.92 Å². The van der Waals surface area contributed by atoms with Crippen LogP contribution in [0.3, 0.4) is 0 Å².